The summed E-state index contributed by atoms with van der Waals surface area (Å²) in [6.45, 7) is 0. The molecule has 1 aromatic heterocycles. The van der Waals surface area contributed by atoms with Crippen molar-refractivity contribution in [2.24, 2.45) is 0 Å². The van der Waals surface area contributed by atoms with E-state index < -0.39 is 15.8 Å². The van der Waals surface area contributed by atoms with Gasteiger partial charge in [-0.3, -0.25) is 0 Å². The molecule has 2 rings (SSSR count). The fraction of sp³-hybridized carbons (Fsp3) is 0.500. The Morgan fingerprint density at radius 3 is 2.67 bits per heavy atom. The summed E-state index contributed by atoms with van der Waals surface area (Å²) in [5.41, 5.74) is 0.0402. The van der Waals surface area contributed by atoms with Gasteiger partial charge in [0.1, 0.15) is 15.4 Å². The van der Waals surface area contributed by atoms with Gasteiger partial charge < -0.3 is 10.4 Å². The third kappa shape index (κ3) is 2.95. The van der Waals surface area contributed by atoms with Crippen molar-refractivity contribution in [2.75, 3.05) is 16.8 Å². The summed E-state index contributed by atoms with van der Waals surface area (Å²) in [6, 6.07) is 1.28. The van der Waals surface area contributed by atoms with Gasteiger partial charge in [0.2, 0.25) is 0 Å². The molecule has 0 spiro atoms. The molecule has 7 nitrogen and oxygen atoms in total. The van der Waals surface area contributed by atoms with Crippen LogP contribution in [0.3, 0.4) is 0 Å². The highest BCUT2D eigenvalue weighted by molar-refractivity contribution is 7.91. The summed E-state index contributed by atoms with van der Waals surface area (Å²) in [5, 5.41) is 19.3. The van der Waals surface area contributed by atoms with Gasteiger partial charge in [-0.2, -0.15) is 5.10 Å². The Labute approximate surface area is 104 Å². The van der Waals surface area contributed by atoms with Crippen LogP contribution in [-0.4, -0.2) is 47.2 Å². The maximum atomic E-state index is 11.3. The predicted molar refractivity (Wildman–Crippen MR) is 64.3 cm³/mol. The zero-order valence-electron chi connectivity index (χ0n) is 9.54. The molecule has 1 fully saturated rings. The molecule has 0 saturated carbocycles. The normalized spacial score (nSPS) is 19.3. The first kappa shape index (κ1) is 12.7. The van der Waals surface area contributed by atoms with Crippen LogP contribution in [0.25, 0.3) is 0 Å². The first-order chi connectivity index (χ1) is 8.48. The number of aromatic carboxylic acids is 1. The van der Waals surface area contributed by atoms with Crippen LogP contribution in [0.2, 0.25) is 0 Å². The fourth-order valence-corrected chi connectivity index (χ4v) is 3.33. The summed E-state index contributed by atoms with van der Waals surface area (Å²) in [6.07, 6.45) is 2.22. The molecule has 1 aliphatic rings. The van der Waals surface area contributed by atoms with Crippen LogP contribution in [-0.2, 0) is 9.84 Å². The van der Waals surface area contributed by atoms with Gasteiger partial charge in [-0.05, 0) is 18.9 Å². The lowest BCUT2D eigenvalue weighted by atomic mass is 10.1. The molecule has 1 aliphatic heterocycles. The number of hydrogen-bond donors (Lipinski definition) is 2. The molecule has 1 aromatic rings. The van der Waals surface area contributed by atoms with E-state index in [1.54, 1.807) is 0 Å². The summed E-state index contributed by atoms with van der Waals surface area (Å²) in [4.78, 5) is 11.0. The molecule has 0 aromatic carbocycles. The second-order valence-corrected chi connectivity index (χ2v) is 6.47. The standard InChI is InChI=1S/C10H13N3O4S/c14-10(15)8-1-4-11-13-9(8)12-7-2-5-18(16,17)6-3-7/h1,4,7H,2-3,5-6H2,(H,12,13)(H,14,15). The zero-order chi connectivity index (χ0) is 13.2. The minimum atomic E-state index is -2.93. The molecule has 0 bridgehead atoms. The number of carbonyl (C=O) groups is 1. The smallest absolute Gasteiger partial charge is 0.339 e. The molecule has 0 atom stereocenters. The van der Waals surface area contributed by atoms with Crippen LogP contribution in [0.15, 0.2) is 12.3 Å². The van der Waals surface area contributed by atoms with Gasteiger partial charge in [0.15, 0.2) is 5.82 Å². The fourth-order valence-electron chi connectivity index (χ4n) is 1.84. The Morgan fingerprint density at radius 1 is 1.39 bits per heavy atom. The summed E-state index contributed by atoms with van der Waals surface area (Å²) < 4.78 is 22.5. The number of sulfone groups is 1. The van der Waals surface area contributed by atoms with E-state index in [9.17, 15) is 13.2 Å². The topological polar surface area (TPSA) is 109 Å². The van der Waals surface area contributed by atoms with Gasteiger partial charge in [0.25, 0.3) is 0 Å². The second-order valence-electron chi connectivity index (χ2n) is 4.17. The zero-order valence-corrected chi connectivity index (χ0v) is 10.4. The molecule has 0 radical (unpaired) electrons. The maximum Gasteiger partial charge on any atom is 0.339 e. The quantitative estimate of drug-likeness (QED) is 0.806. The van der Waals surface area contributed by atoms with E-state index in [1.165, 1.54) is 12.3 Å². The number of rotatable bonds is 3. The van der Waals surface area contributed by atoms with Crippen molar-refractivity contribution in [3.05, 3.63) is 17.8 Å². The number of anilines is 1. The SMILES string of the molecule is O=C(O)c1ccnnc1NC1CCS(=O)(=O)CC1. The van der Waals surface area contributed by atoms with Crippen molar-refractivity contribution >= 4 is 21.6 Å². The van der Waals surface area contributed by atoms with E-state index >= 15 is 0 Å². The minimum Gasteiger partial charge on any atom is -0.478 e. The molecular formula is C10H13N3O4S. The highest BCUT2D eigenvalue weighted by Crippen LogP contribution is 2.18. The molecule has 0 amide bonds. The van der Waals surface area contributed by atoms with E-state index in [0.29, 0.717) is 12.8 Å². The van der Waals surface area contributed by atoms with Crippen LogP contribution in [0, 0.1) is 0 Å². The summed E-state index contributed by atoms with van der Waals surface area (Å²) in [5.74, 6) is -0.661. The number of aromatic nitrogens is 2. The molecule has 0 unspecified atom stereocenters. The number of hydrogen-bond acceptors (Lipinski definition) is 6. The van der Waals surface area contributed by atoms with Gasteiger partial charge in [0.05, 0.1) is 17.7 Å². The first-order valence-electron chi connectivity index (χ1n) is 5.50. The average molecular weight is 271 g/mol. The molecule has 0 aliphatic carbocycles. The highest BCUT2D eigenvalue weighted by atomic mass is 32.2. The third-order valence-corrected chi connectivity index (χ3v) is 4.56. The van der Waals surface area contributed by atoms with Crippen LogP contribution in [0.4, 0.5) is 5.82 Å². The highest BCUT2D eigenvalue weighted by Gasteiger charge is 2.25. The monoisotopic (exact) mass is 271 g/mol. The Morgan fingerprint density at radius 2 is 2.06 bits per heavy atom. The van der Waals surface area contributed by atoms with E-state index in [1.807, 2.05) is 0 Å². The Kier molecular flexibility index (Phi) is 3.46. The molecular weight excluding hydrogens is 258 g/mol. The molecule has 1 saturated heterocycles. The van der Waals surface area contributed by atoms with Crippen LogP contribution < -0.4 is 5.32 Å². The van der Waals surface area contributed by atoms with E-state index in [2.05, 4.69) is 15.5 Å². The van der Waals surface area contributed by atoms with Crippen molar-refractivity contribution in [1.29, 1.82) is 0 Å². The Balaban J connectivity index is 2.09. The number of carboxylic acids is 1. The van der Waals surface area contributed by atoms with Crippen LogP contribution in [0.1, 0.15) is 23.2 Å². The minimum absolute atomic E-state index is 0.0402. The van der Waals surface area contributed by atoms with E-state index in [4.69, 9.17) is 5.11 Å². The van der Waals surface area contributed by atoms with Crippen LogP contribution >= 0.6 is 0 Å². The number of carboxylic acid groups (broad SMARTS) is 1. The van der Waals surface area contributed by atoms with Crippen LogP contribution in [0.5, 0.6) is 0 Å². The van der Waals surface area contributed by atoms with Crippen molar-refractivity contribution in [1.82, 2.24) is 10.2 Å². The maximum absolute atomic E-state index is 11.3. The summed E-state index contributed by atoms with van der Waals surface area (Å²) in [7, 11) is -2.93. The molecule has 98 valence electrons. The lowest BCUT2D eigenvalue weighted by molar-refractivity contribution is 0.0697. The first-order valence-corrected chi connectivity index (χ1v) is 7.32. The van der Waals surface area contributed by atoms with Gasteiger partial charge >= 0.3 is 5.97 Å². The molecule has 8 heteroatoms. The van der Waals surface area contributed by atoms with Crippen molar-refractivity contribution in [2.45, 2.75) is 18.9 Å². The third-order valence-electron chi connectivity index (χ3n) is 2.85. The number of nitrogens with one attached hydrogen (secondary N) is 1. The van der Waals surface area contributed by atoms with Crippen molar-refractivity contribution in [3.63, 3.8) is 0 Å². The van der Waals surface area contributed by atoms with E-state index in [-0.39, 0.29) is 28.9 Å². The number of nitrogens with zero attached hydrogens (tertiary/aromatic N) is 2. The Hall–Kier alpha value is -1.70. The Bertz CT molecular complexity index is 544. The second kappa shape index (κ2) is 4.89. The molecule has 18 heavy (non-hydrogen) atoms. The van der Waals surface area contributed by atoms with Gasteiger partial charge in [0, 0.05) is 6.04 Å². The van der Waals surface area contributed by atoms with Crippen molar-refractivity contribution in [3.8, 4) is 0 Å². The van der Waals surface area contributed by atoms with Gasteiger partial charge in [-0.15, -0.1) is 5.10 Å². The lowest BCUT2D eigenvalue weighted by Gasteiger charge is -2.23. The van der Waals surface area contributed by atoms with E-state index in [0.717, 1.165) is 0 Å². The van der Waals surface area contributed by atoms with Crippen molar-refractivity contribution < 1.29 is 18.3 Å². The lowest BCUT2D eigenvalue weighted by Crippen LogP contribution is -2.33. The average Bonchev–Trinajstić information content (AvgIpc) is 2.32. The summed E-state index contributed by atoms with van der Waals surface area (Å²) >= 11 is 0. The largest absolute Gasteiger partial charge is 0.478 e. The molecule has 2 N–H and O–H groups in total. The van der Waals surface area contributed by atoms with Gasteiger partial charge in [-0.1, -0.05) is 0 Å². The predicted octanol–water partition coefficient (Wildman–Crippen LogP) is 0.164. The molecule has 2 heterocycles. The van der Waals surface area contributed by atoms with Gasteiger partial charge in [-0.25, -0.2) is 13.2 Å².